The minimum Gasteiger partial charge on any atom is -0.468 e. The number of methoxy groups -OCH3 is 1. The summed E-state index contributed by atoms with van der Waals surface area (Å²) in [6.45, 7) is 0.216. The van der Waals surface area contributed by atoms with Crippen LogP contribution in [0.2, 0.25) is 0 Å². The van der Waals surface area contributed by atoms with Gasteiger partial charge in [0.1, 0.15) is 12.3 Å². The van der Waals surface area contributed by atoms with Gasteiger partial charge < -0.3 is 14.5 Å². The number of esters is 1. The molecule has 1 amide bonds. The van der Waals surface area contributed by atoms with Crippen LogP contribution in [-0.4, -0.2) is 35.3 Å². The molecule has 2 aromatic heterocycles. The van der Waals surface area contributed by atoms with E-state index in [1.807, 2.05) is 0 Å². The van der Waals surface area contributed by atoms with Crippen molar-refractivity contribution >= 4 is 27.8 Å². The zero-order valence-corrected chi connectivity index (χ0v) is 12.2. The van der Waals surface area contributed by atoms with Crippen LogP contribution in [0.3, 0.4) is 0 Å². The zero-order chi connectivity index (χ0) is 14.5. The Morgan fingerprint density at radius 1 is 1.50 bits per heavy atom. The molecule has 0 unspecified atom stereocenters. The lowest BCUT2D eigenvalue weighted by Crippen LogP contribution is -2.29. The number of nitrogens with one attached hydrogen (secondary N) is 1. The molecule has 7 nitrogen and oxygen atoms in total. The quantitative estimate of drug-likeness (QED) is 0.825. The summed E-state index contributed by atoms with van der Waals surface area (Å²) in [6.07, 6.45) is 3.45. The van der Waals surface area contributed by atoms with E-state index in [1.165, 1.54) is 7.11 Å². The molecule has 20 heavy (non-hydrogen) atoms. The molecule has 0 spiro atoms. The fourth-order valence-electron chi connectivity index (χ4n) is 1.48. The summed E-state index contributed by atoms with van der Waals surface area (Å²) in [6, 6.07) is 3.23. The van der Waals surface area contributed by atoms with Gasteiger partial charge in [0.25, 0.3) is 5.91 Å². The van der Waals surface area contributed by atoms with Gasteiger partial charge in [-0.05, 0) is 28.1 Å². The number of aromatic nitrogens is 2. The monoisotopic (exact) mass is 341 g/mol. The molecule has 0 aliphatic heterocycles. The second kappa shape index (κ2) is 6.38. The average molecular weight is 342 g/mol. The smallest absolute Gasteiger partial charge is 0.325 e. The molecule has 0 aliphatic rings. The van der Waals surface area contributed by atoms with Gasteiger partial charge in [-0.2, -0.15) is 5.10 Å². The summed E-state index contributed by atoms with van der Waals surface area (Å²) in [4.78, 5) is 22.6. The van der Waals surface area contributed by atoms with Crippen LogP contribution in [0.4, 0.5) is 0 Å². The first-order valence-electron chi connectivity index (χ1n) is 5.70. The van der Waals surface area contributed by atoms with E-state index in [-0.39, 0.29) is 12.3 Å². The number of hydrogen-bond donors (Lipinski definition) is 1. The van der Waals surface area contributed by atoms with Crippen LogP contribution in [0.1, 0.15) is 16.3 Å². The predicted molar refractivity (Wildman–Crippen MR) is 72.1 cm³/mol. The molecule has 1 N–H and O–H groups in total. The SMILES string of the molecule is COC(=O)CNC(=O)c1ccc(Cn2cc(Br)cn2)o1. The highest BCUT2D eigenvalue weighted by Gasteiger charge is 2.13. The van der Waals surface area contributed by atoms with Gasteiger partial charge in [-0.1, -0.05) is 0 Å². The van der Waals surface area contributed by atoms with E-state index in [4.69, 9.17) is 4.42 Å². The van der Waals surface area contributed by atoms with Crippen LogP contribution in [0.5, 0.6) is 0 Å². The summed E-state index contributed by atoms with van der Waals surface area (Å²) in [5, 5.41) is 6.48. The molecule has 8 heteroatoms. The van der Waals surface area contributed by atoms with Crippen molar-refractivity contribution < 1.29 is 18.7 Å². The minimum absolute atomic E-state index is 0.134. The highest BCUT2D eigenvalue weighted by Crippen LogP contribution is 2.12. The van der Waals surface area contributed by atoms with E-state index in [0.717, 1.165) is 4.47 Å². The second-order valence-electron chi connectivity index (χ2n) is 3.88. The van der Waals surface area contributed by atoms with Crippen LogP contribution in [-0.2, 0) is 16.1 Å². The standard InChI is InChI=1S/C12H12BrN3O4/c1-19-11(17)5-14-12(18)10-3-2-9(20-10)7-16-6-8(13)4-15-16/h2-4,6H,5,7H2,1H3,(H,14,18). The number of furan rings is 1. The van der Waals surface area contributed by atoms with Gasteiger partial charge in [-0.25, -0.2) is 0 Å². The van der Waals surface area contributed by atoms with E-state index in [9.17, 15) is 9.59 Å². The van der Waals surface area contributed by atoms with Crippen molar-refractivity contribution in [2.75, 3.05) is 13.7 Å². The van der Waals surface area contributed by atoms with Gasteiger partial charge in [-0.15, -0.1) is 0 Å². The van der Waals surface area contributed by atoms with Gasteiger partial charge in [0.05, 0.1) is 24.3 Å². The molecule has 0 atom stereocenters. The van der Waals surface area contributed by atoms with E-state index in [1.54, 1.807) is 29.2 Å². The Labute approximate surface area is 123 Å². The van der Waals surface area contributed by atoms with Crippen LogP contribution in [0, 0.1) is 0 Å². The van der Waals surface area contributed by atoms with Crippen molar-refractivity contribution in [3.8, 4) is 0 Å². The molecule has 2 rings (SSSR count). The maximum atomic E-state index is 11.7. The van der Waals surface area contributed by atoms with Crippen molar-refractivity contribution in [2.24, 2.45) is 0 Å². The number of nitrogens with zero attached hydrogens (tertiary/aromatic N) is 2. The minimum atomic E-state index is -0.522. The van der Waals surface area contributed by atoms with E-state index < -0.39 is 11.9 Å². The molecule has 0 radical (unpaired) electrons. The summed E-state index contributed by atoms with van der Waals surface area (Å²) < 4.78 is 12.3. The van der Waals surface area contributed by atoms with Crippen molar-refractivity contribution in [3.05, 3.63) is 40.5 Å². The van der Waals surface area contributed by atoms with Gasteiger partial charge in [0.2, 0.25) is 0 Å². The molecule has 0 aliphatic carbocycles. The number of amides is 1. The van der Waals surface area contributed by atoms with Gasteiger partial charge >= 0.3 is 5.97 Å². The lowest BCUT2D eigenvalue weighted by atomic mass is 10.4. The summed E-state index contributed by atoms with van der Waals surface area (Å²) in [7, 11) is 1.25. The van der Waals surface area contributed by atoms with E-state index >= 15 is 0 Å². The number of hydrogen-bond acceptors (Lipinski definition) is 5. The van der Waals surface area contributed by atoms with Gasteiger partial charge in [0, 0.05) is 6.20 Å². The lowest BCUT2D eigenvalue weighted by molar-refractivity contribution is -0.139. The number of rotatable bonds is 5. The summed E-state index contributed by atoms with van der Waals surface area (Å²) >= 11 is 3.29. The van der Waals surface area contributed by atoms with Crippen molar-refractivity contribution in [2.45, 2.75) is 6.54 Å². The normalized spacial score (nSPS) is 10.3. The molecular weight excluding hydrogens is 330 g/mol. The molecule has 2 aromatic rings. The summed E-state index contributed by atoms with van der Waals surface area (Å²) in [5.74, 6) is -0.270. The first-order chi connectivity index (χ1) is 9.58. The number of ether oxygens (including phenoxy) is 1. The zero-order valence-electron chi connectivity index (χ0n) is 10.6. The topological polar surface area (TPSA) is 86.4 Å². The lowest BCUT2D eigenvalue weighted by Gasteiger charge is -2.01. The van der Waals surface area contributed by atoms with Crippen LogP contribution in [0.25, 0.3) is 0 Å². The van der Waals surface area contributed by atoms with E-state index in [2.05, 4.69) is 31.1 Å². The Hall–Kier alpha value is -2.09. The maximum absolute atomic E-state index is 11.7. The van der Waals surface area contributed by atoms with Crippen molar-refractivity contribution in [1.29, 1.82) is 0 Å². The third-order valence-electron chi connectivity index (χ3n) is 2.43. The van der Waals surface area contributed by atoms with Crippen LogP contribution in [0.15, 0.2) is 33.4 Å². The molecular formula is C12H12BrN3O4. The highest BCUT2D eigenvalue weighted by atomic mass is 79.9. The molecule has 106 valence electrons. The fraction of sp³-hybridized carbons (Fsp3) is 0.250. The summed E-state index contributed by atoms with van der Waals surface area (Å²) in [5.41, 5.74) is 0. The highest BCUT2D eigenvalue weighted by molar-refractivity contribution is 9.10. The Bertz CT molecular complexity index is 620. The molecule has 0 saturated carbocycles. The van der Waals surface area contributed by atoms with Crippen molar-refractivity contribution in [3.63, 3.8) is 0 Å². The molecule has 0 fully saturated rings. The number of halogens is 1. The molecule has 0 bridgehead atoms. The third-order valence-corrected chi connectivity index (χ3v) is 2.84. The number of carbonyl (C=O) groups is 2. The largest absolute Gasteiger partial charge is 0.468 e. The number of carbonyl (C=O) groups excluding carboxylic acids is 2. The maximum Gasteiger partial charge on any atom is 0.325 e. The van der Waals surface area contributed by atoms with E-state index in [0.29, 0.717) is 12.3 Å². The Morgan fingerprint density at radius 3 is 2.95 bits per heavy atom. The first kappa shape index (κ1) is 14.3. The molecule has 0 aromatic carbocycles. The Morgan fingerprint density at radius 2 is 2.30 bits per heavy atom. The van der Waals surface area contributed by atoms with Gasteiger partial charge in [0.15, 0.2) is 5.76 Å². The Balaban J connectivity index is 1.94. The Kier molecular flexibility index (Phi) is 4.57. The van der Waals surface area contributed by atoms with Crippen LogP contribution < -0.4 is 5.32 Å². The molecule has 2 heterocycles. The third kappa shape index (κ3) is 3.70. The molecule has 0 saturated heterocycles. The van der Waals surface area contributed by atoms with Crippen molar-refractivity contribution in [1.82, 2.24) is 15.1 Å². The average Bonchev–Trinajstić information content (AvgIpc) is 3.05. The fourth-order valence-corrected chi connectivity index (χ4v) is 1.81. The first-order valence-corrected chi connectivity index (χ1v) is 6.49. The second-order valence-corrected chi connectivity index (χ2v) is 4.80. The van der Waals surface area contributed by atoms with Gasteiger partial charge in [-0.3, -0.25) is 14.3 Å². The van der Waals surface area contributed by atoms with Crippen LogP contribution >= 0.6 is 15.9 Å². The predicted octanol–water partition coefficient (Wildman–Crippen LogP) is 1.19.